The first-order valence-corrected chi connectivity index (χ1v) is 9.96. The number of carbonyl (C=O) groups is 2. The summed E-state index contributed by atoms with van der Waals surface area (Å²) in [7, 11) is 0. The van der Waals surface area contributed by atoms with E-state index in [0.717, 1.165) is 38.8 Å². The van der Waals surface area contributed by atoms with E-state index in [-0.39, 0.29) is 18.0 Å². The van der Waals surface area contributed by atoms with Crippen molar-refractivity contribution < 1.29 is 14.7 Å². The van der Waals surface area contributed by atoms with E-state index in [9.17, 15) is 9.59 Å². The molecule has 27 heavy (non-hydrogen) atoms. The van der Waals surface area contributed by atoms with Gasteiger partial charge in [-0.05, 0) is 56.1 Å². The Morgan fingerprint density at radius 1 is 1.04 bits per heavy atom. The van der Waals surface area contributed by atoms with Crippen molar-refractivity contribution in [3.63, 3.8) is 0 Å². The van der Waals surface area contributed by atoms with Crippen LogP contribution in [0.15, 0.2) is 30.5 Å². The van der Waals surface area contributed by atoms with Gasteiger partial charge in [-0.2, -0.15) is 0 Å². The molecule has 2 aromatic rings. The van der Waals surface area contributed by atoms with E-state index in [1.807, 2.05) is 11.0 Å². The quantitative estimate of drug-likeness (QED) is 0.771. The van der Waals surface area contributed by atoms with Crippen molar-refractivity contribution in [3.8, 4) is 0 Å². The van der Waals surface area contributed by atoms with Gasteiger partial charge in [-0.15, -0.1) is 0 Å². The van der Waals surface area contributed by atoms with Crippen molar-refractivity contribution >= 4 is 22.9 Å². The van der Waals surface area contributed by atoms with Crippen LogP contribution < -0.4 is 5.32 Å². The lowest BCUT2D eigenvalue weighted by molar-refractivity contribution is -0.142. The number of urea groups is 1. The van der Waals surface area contributed by atoms with E-state index in [0.29, 0.717) is 18.8 Å². The van der Waals surface area contributed by atoms with Gasteiger partial charge in [-0.25, -0.2) is 4.79 Å². The molecule has 4 rings (SSSR count). The monoisotopic (exact) mass is 369 g/mol. The molecule has 2 amide bonds. The number of H-pyrrole nitrogens is 1. The first-order chi connectivity index (χ1) is 13.1. The molecule has 1 aromatic heterocycles. The predicted octanol–water partition coefficient (Wildman–Crippen LogP) is 3.70. The number of carboxylic acids is 1. The third-order valence-electron chi connectivity index (χ3n) is 6.25. The van der Waals surface area contributed by atoms with E-state index >= 15 is 0 Å². The van der Waals surface area contributed by atoms with Crippen LogP contribution in [0, 0.1) is 5.92 Å². The number of fused-ring (bicyclic) bond motifs is 1. The molecule has 6 heteroatoms. The molecule has 2 aliphatic rings. The molecule has 0 atom stereocenters. The fraction of sp³-hybridized carbons (Fsp3) is 0.524. The maximum Gasteiger partial charge on any atom is 0.317 e. The summed E-state index contributed by atoms with van der Waals surface area (Å²) >= 11 is 0. The Morgan fingerprint density at radius 2 is 1.74 bits per heavy atom. The molecule has 3 N–H and O–H groups in total. The lowest BCUT2D eigenvalue weighted by atomic mass is 9.86. The number of benzene rings is 1. The van der Waals surface area contributed by atoms with Crippen LogP contribution in [-0.2, 0) is 4.79 Å². The van der Waals surface area contributed by atoms with Gasteiger partial charge in [-0.3, -0.25) is 4.79 Å². The van der Waals surface area contributed by atoms with Gasteiger partial charge in [0.25, 0.3) is 0 Å². The van der Waals surface area contributed by atoms with Crippen LogP contribution in [0.2, 0.25) is 0 Å². The fourth-order valence-electron chi connectivity index (χ4n) is 4.58. The average molecular weight is 369 g/mol. The van der Waals surface area contributed by atoms with Crippen LogP contribution in [0.1, 0.15) is 50.0 Å². The summed E-state index contributed by atoms with van der Waals surface area (Å²) in [5, 5.41) is 13.5. The molecular formula is C21H27N3O3. The second kappa shape index (κ2) is 7.62. The van der Waals surface area contributed by atoms with Crippen LogP contribution in [0.4, 0.5) is 4.79 Å². The highest BCUT2D eigenvalue weighted by Gasteiger charge is 2.29. The minimum absolute atomic E-state index is 0.00570. The van der Waals surface area contributed by atoms with Gasteiger partial charge < -0.3 is 20.3 Å². The summed E-state index contributed by atoms with van der Waals surface area (Å²) in [5.74, 6) is -0.472. The molecule has 0 bridgehead atoms. The lowest BCUT2D eigenvalue weighted by Gasteiger charge is -2.34. The van der Waals surface area contributed by atoms with Gasteiger partial charge in [0, 0.05) is 36.2 Å². The summed E-state index contributed by atoms with van der Waals surface area (Å²) in [6, 6.07) is 8.49. The third kappa shape index (κ3) is 3.80. The number of aliphatic carboxylic acids is 1. The molecule has 0 radical (unpaired) electrons. The summed E-state index contributed by atoms with van der Waals surface area (Å²) < 4.78 is 0. The number of likely N-dealkylation sites (tertiary alicyclic amines) is 1. The maximum atomic E-state index is 12.6. The molecular weight excluding hydrogens is 342 g/mol. The van der Waals surface area contributed by atoms with Gasteiger partial charge in [-0.1, -0.05) is 18.2 Å². The molecule has 1 aliphatic carbocycles. The molecule has 0 spiro atoms. The number of para-hydroxylation sites is 1. The van der Waals surface area contributed by atoms with Crippen LogP contribution in [-0.4, -0.2) is 46.1 Å². The third-order valence-corrected chi connectivity index (χ3v) is 6.25. The van der Waals surface area contributed by atoms with Gasteiger partial charge in [0.2, 0.25) is 0 Å². The zero-order valence-electron chi connectivity index (χ0n) is 15.5. The first-order valence-electron chi connectivity index (χ1n) is 9.96. The normalized spacial score (nSPS) is 24.1. The first kappa shape index (κ1) is 17.9. The Bertz CT molecular complexity index is 815. The molecule has 2 fully saturated rings. The lowest BCUT2D eigenvalue weighted by Crippen LogP contribution is -2.48. The van der Waals surface area contributed by atoms with Gasteiger partial charge in [0.15, 0.2) is 0 Å². The SMILES string of the molecule is O=C(O)C1CCC(NC(=O)N2CCC(c3c[nH]c4ccccc34)CC2)CC1. The number of aromatic nitrogens is 1. The Balaban J connectivity index is 1.29. The van der Waals surface area contributed by atoms with E-state index in [2.05, 4.69) is 34.7 Å². The fourth-order valence-corrected chi connectivity index (χ4v) is 4.58. The van der Waals surface area contributed by atoms with Crippen LogP contribution in [0.3, 0.4) is 0 Å². The van der Waals surface area contributed by atoms with Gasteiger partial charge in [0.1, 0.15) is 0 Å². The molecule has 0 unspecified atom stereocenters. The standard InChI is InChI=1S/C21H27N3O3/c25-20(26)15-5-7-16(8-6-15)23-21(27)24-11-9-14(10-12-24)18-13-22-19-4-2-1-3-17(18)19/h1-4,13-16,22H,5-12H2,(H,23,27)(H,25,26). The van der Waals surface area contributed by atoms with Gasteiger partial charge >= 0.3 is 12.0 Å². The van der Waals surface area contributed by atoms with E-state index in [1.54, 1.807) is 0 Å². The maximum absolute atomic E-state index is 12.6. The molecule has 1 aromatic carbocycles. The number of nitrogens with one attached hydrogen (secondary N) is 2. The van der Waals surface area contributed by atoms with Crippen molar-refractivity contribution in [1.82, 2.24) is 15.2 Å². The highest BCUT2D eigenvalue weighted by atomic mass is 16.4. The van der Waals surface area contributed by atoms with Crippen LogP contribution in [0.5, 0.6) is 0 Å². The Labute approximate surface area is 158 Å². The summed E-state index contributed by atoms with van der Waals surface area (Å²) in [5.41, 5.74) is 2.53. The van der Waals surface area contributed by atoms with Crippen LogP contribution >= 0.6 is 0 Å². The number of amides is 2. The molecule has 6 nitrogen and oxygen atoms in total. The topological polar surface area (TPSA) is 85.4 Å². The molecule has 1 aliphatic heterocycles. The van der Waals surface area contributed by atoms with Crippen LogP contribution in [0.25, 0.3) is 10.9 Å². The highest BCUT2D eigenvalue weighted by Crippen LogP contribution is 2.33. The average Bonchev–Trinajstić information content (AvgIpc) is 3.12. The second-order valence-corrected chi connectivity index (χ2v) is 7.89. The number of hydrogen-bond acceptors (Lipinski definition) is 2. The second-order valence-electron chi connectivity index (χ2n) is 7.89. The highest BCUT2D eigenvalue weighted by molar-refractivity contribution is 5.83. The predicted molar refractivity (Wildman–Crippen MR) is 104 cm³/mol. The van der Waals surface area contributed by atoms with Crippen molar-refractivity contribution in [2.45, 2.75) is 50.5 Å². The van der Waals surface area contributed by atoms with E-state index < -0.39 is 5.97 Å². The molecule has 1 saturated heterocycles. The number of piperidine rings is 1. The van der Waals surface area contributed by atoms with Gasteiger partial charge in [0.05, 0.1) is 5.92 Å². The van der Waals surface area contributed by atoms with Crippen molar-refractivity contribution in [3.05, 3.63) is 36.0 Å². The zero-order chi connectivity index (χ0) is 18.8. The number of carboxylic acid groups (broad SMARTS) is 1. The summed E-state index contributed by atoms with van der Waals surface area (Å²) in [4.78, 5) is 28.9. The Hall–Kier alpha value is -2.50. The number of rotatable bonds is 3. The smallest absolute Gasteiger partial charge is 0.317 e. The van der Waals surface area contributed by atoms with E-state index in [1.165, 1.54) is 16.5 Å². The summed E-state index contributed by atoms with van der Waals surface area (Å²) in [6.45, 7) is 1.53. The number of hydrogen-bond donors (Lipinski definition) is 3. The molecule has 144 valence electrons. The molecule has 2 heterocycles. The van der Waals surface area contributed by atoms with Crippen molar-refractivity contribution in [2.24, 2.45) is 5.92 Å². The molecule has 1 saturated carbocycles. The number of nitrogens with zero attached hydrogens (tertiary/aromatic N) is 1. The minimum Gasteiger partial charge on any atom is -0.481 e. The summed E-state index contributed by atoms with van der Waals surface area (Å²) in [6.07, 6.45) is 6.89. The van der Waals surface area contributed by atoms with E-state index in [4.69, 9.17) is 5.11 Å². The minimum atomic E-state index is -0.709. The van der Waals surface area contributed by atoms with Crippen molar-refractivity contribution in [2.75, 3.05) is 13.1 Å². The zero-order valence-corrected chi connectivity index (χ0v) is 15.5. The largest absolute Gasteiger partial charge is 0.481 e. The number of aromatic amines is 1. The Morgan fingerprint density at radius 3 is 2.44 bits per heavy atom. The van der Waals surface area contributed by atoms with Crippen molar-refractivity contribution in [1.29, 1.82) is 0 Å². The number of carbonyl (C=O) groups excluding carboxylic acids is 1. The Kier molecular flexibility index (Phi) is 5.05.